The second-order valence-corrected chi connectivity index (χ2v) is 7.78. The first kappa shape index (κ1) is 17.4. The molecule has 5 heteroatoms. The largest absolute Gasteiger partial charge is 0.361 e. The molecule has 0 spiro atoms. The molecule has 0 unspecified atom stereocenters. The van der Waals surface area contributed by atoms with Crippen molar-refractivity contribution in [2.45, 2.75) is 25.2 Å². The lowest BCUT2D eigenvalue weighted by molar-refractivity contribution is 0.215. The highest BCUT2D eigenvalue weighted by molar-refractivity contribution is 5.84. The number of fused-ring (bicyclic) bond motifs is 2. The van der Waals surface area contributed by atoms with Crippen molar-refractivity contribution in [2.75, 3.05) is 19.6 Å². The molecule has 2 N–H and O–H groups in total. The Labute approximate surface area is 162 Å². The van der Waals surface area contributed by atoms with Crippen LogP contribution in [0.15, 0.2) is 48.8 Å². The number of H-pyrrole nitrogens is 2. The number of piperidine rings is 1. The highest BCUT2D eigenvalue weighted by Gasteiger charge is 2.24. The lowest BCUT2D eigenvalue weighted by Crippen LogP contribution is -2.34. The summed E-state index contributed by atoms with van der Waals surface area (Å²) in [5.41, 5.74) is 4.13. The number of nitrogens with zero attached hydrogens (tertiary/aromatic N) is 1. The summed E-state index contributed by atoms with van der Waals surface area (Å²) in [6.07, 6.45) is 6.93. The number of hydrogen-bond donors (Lipinski definition) is 2. The molecule has 0 radical (unpaired) electrons. The number of aromatic amines is 2. The fraction of sp³-hybridized carbons (Fsp3) is 0.304. The van der Waals surface area contributed by atoms with Gasteiger partial charge in [0, 0.05) is 40.7 Å². The lowest BCUT2D eigenvalue weighted by Gasteiger charge is -2.32. The van der Waals surface area contributed by atoms with E-state index in [2.05, 4.69) is 14.9 Å². The van der Waals surface area contributed by atoms with Gasteiger partial charge in [-0.3, -0.25) is 0 Å². The Hall–Kier alpha value is -2.66. The molecule has 3 heterocycles. The van der Waals surface area contributed by atoms with Gasteiger partial charge in [-0.25, -0.2) is 8.78 Å². The van der Waals surface area contributed by atoms with Gasteiger partial charge in [0.15, 0.2) is 0 Å². The standard InChI is InChI=1S/C23H23F2N3/c24-17-4-5-21-18(12-17)16(13-26-21)8-11-28-9-6-15(7-10-28)19-14-27-22-3-1-2-20(25)23(19)22/h1-5,12-15,26-27H,6-11H2. The van der Waals surface area contributed by atoms with E-state index in [4.69, 9.17) is 0 Å². The molecule has 3 nitrogen and oxygen atoms in total. The number of likely N-dealkylation sites (tertiary alicyclic amines) is 1. The molecule has 1 saturated heterocycles. The number of benzene rings is 2. The fourth-order valence-corrected chi connectivity index (χ4v) is 4.59. The molecule has 2 aromatic heterocycles. The van der Waals surface area contributed by atoms with Crippen molar-refractivity contribution in [1.29, 1.82) is 0 Å². The molecule has 0 aliphatic carbocycles. The number of rotatable bonds is 4. The first-order valence-corrected chi connectivity index (χ1v) is 9.92. The van der Waals surface area contributed by atoms with Gasteiger partial charge in [0.2, 0.25) is 0 Å². The normalized spacial score (nSPS) is 16.4. The van der Waals surface area contributed by atoms with Crippen molar-refractivity contribution in [2.24, 2.45) is 0 Å². The Balaban J connectivity index is 1.24. The molecule has 144 valence electrons. The summed E-state index contributed by atoms with van der Waals surface area (Å²) in [7, 11) is 0. The number of hydrogen-bond acceptors (Lipinski definition) is 1. The van der Waals surface area contributed by atoms with E-state index in [0.29, 0.717) is 5.92 Å². The van der Waals surface area contributed by atoms with Crippen LogP contribution in [0.25, 0.3) is 21.8 Å². The Morgan fingerprint density at radius 2 is 1.79 bits per heavy atom. The zero-order valence-electron chi connectivity index (χ0n) is 15.6. The zero-order chi connectivity index (χ0) is 19.1. The summed E-state index contributed by atoms with van der Waals surface area (Å²) in [5.74, 6) is 0.0620. The molecule has 1 aliphatic heterocycles. The van der Waals surface area contributed by atoms with Crippen LogP contribution in [0.4, 0.5) is 8.78 Å². The first-order valence-electron chi connectivity index (χ1n) is 9.92. The molecule has 1 fully saturated rings. The van der Waals surface area contributed by atoms with Crippen LogP contribution in [0, 0.1) is 11.6 Å². The van der Waals surface area contributed by atoms with Gasteiger partial charge in [-0.2, -0.15) is 0 Å². The van der Waals surface area contributed by atoms with Gasteiger partial charge in [-0.15, -0.1) is 0 Å². The summed E-state index contributed by atoms with van der Waals surface area (Å²) >= 11 is 0. The third-order valence-electron chi connectivity index (χ3n) is 6.14. The average molecular weight is 379 g/mol. The van der Waals surface area contributed by atoms with Gasteiger partial charge in [0.1, 0.15) is 11.6 Å². The predicted octanol–water partition coefficient (Wildman–Crippen LogP) is 5.35. The van der Waals surface area contributed by atoms with E-state index in [-0.39, 0.29) is 11.6 Å². The number of halogens is 2. The quantitative estimate of drug-likeness (QED) is 0.493. The third kappa shape index (κ3) is 3.10. The summed E-state index contributed by atoms with van der Waals surface area (Å²) < 4.78 is 27.8. The van der Waals surface area contributed by atoms with Crippen molar-refractivity contribution in [1.82, 2.24) is 14.9 Å². The van der Waals surface area contributed by atoms with Crippen LogP contribution in [-0.4, -0.2) is 34.5 Å². The highest BCUT2D eigenvalue weighted by atomic mass is 19.1. The zero-order valence-corrected chi connectivity index (χ0v) is 15.6. The second-order valence-electron chi connectivity index (χ2n) is 7.78. The topological polar surface area (TPSA) is 34.8 Å². The molecule has 5 rings (SSSR count). The van der Waals surface area contributed by atoms with Crippen molar-refractivity contribution in [3.63, 3.8) is 0 Å². The van der Waals surface area contributed by atoms with Crippen molar-refractivity contribution < 1.29 is 8.78 Å². The predicted molar refractivity (Wildman–Crippen MR) is 109 cm³/mol. The summed E-state index contributed by atoms with van der Waals surface area (Å²) in [6, 6.07) is 10.1. The fourth-order valence-electron chi connectivity index (χ4n) is 4.59. The first-order chi connectivity index (χ1) is 13.7. The lowest BCUT2D eigenvalue weighted by atomic mass is 9.89. The van der Waals surface area contributed by atoms with E-state index in [9.17, 15) is 8.78 Å². The maximum Gasteiger partial charge on any atom is 0.132 e. The molecule has 28 heavy (non-hydrogen) atoms. The van der Waals surface area contributed by atoms with Gasteiger partial charge in [-0.1, -0.05) is 6.07 Å². The smallest absolute Gasteiger partial charge is 0.132 e. The molecule has 0 amide bonds. The van der Waals surface area contributed by atoms with E-state index in [1.807, 2.05) is 18.5 Å². The van der Waals surface area contributed by atoms with E-state index in [1.54, 1.807) is 24.3 Å². The van der Waals surface area contributed by atoms with Crippen LogP contribution >= 0.6 is 0 Å². The molecule has 1 aliphatic rings. The number of nitrogens with one attached hydrogen (secondary N) is 2. The van der Waals surface area contributed by atoms with Crippen LogP contribution < -0.4 is 0 Å². The summed E-state index contributed by atoms with van der Waals surface area (Å²) in [4.78, 5) is 8.90. The van der Waals surface area contributed by atoms with Crippen molar-refractivity contribution >= 4 is 21.8 Å². The molecular weight excluding hydrogens is 356 g/mol. The Morgan fingerprint density at radius 3 is 2.64 bits per heavy atom. The van der Waals surface area contributed by atoms with Crippen LogP contribution in [-0.2, 0) is 6.42 Å². The van der Waals surface area contributed by atoms with Gasteiger partial charge in [0.05, 0.1) is 0 Å². The van der Waals surface area contributed by atoms with Crippen LogP contribution in [0.5, 0.6) is 0 Å². The van der Waals surface area contributed by atoms with Crippen LogP contribution in [0.3, 0.4) is 0 Å². The Morgan fingerprint density at radius 1 is 0.964 bits per heavy atom. The van der Waals surface area contributed by atoms with E-state index < -0.39 is 0 Å². The minimum absolute atomic E-state index is 0.136. The second kappa shape index (κ2) is 7.06. The highest BCUT2D eigenvalue weighted by Crippen LogP contribution is 2.34. The maximum atomic E-state index is 14.3. The van der Waals surface area contributed by atoms with Crippen LogP contribution in [0.2, 0.25) is 0 Å². The SMILES string of the molecule is Fc1ccc2[nH]cc(CCN3CCC(c4c[nH]c5cccc(F)c45)CC3)c2c1. The van der Waals surface area contributed by atoms with E-state index in [1.165, 1.54) is 6.07 Å². The van der Waals surface area contributed by atoms with Gasteiger partial charge in [-0.05, 0) is 79.7 Å². The molecule has 0 atom stereocenters. The third-order valence-corrected chi connectivity index (χ3v) is 6.14. The number of aromatic nitrogens is 2. The summed E-state index contributed by atoms with van der Waals surface area (Å²) in [5, 5.41) is 1.73. The van der Waals surface area contributed by atoms with Crippen LogP contribution in [0.1, 0.15) is 29.9 Å². The molecule has 4 aromatic rings. The van der Waals surface area contributed by atoms with E-state index in [0.717, 1.165) is 71.8 Å². The molecule has 2 aromatic carbocycles. The van der Waals surface area contributed by atoms with Crippen molar-refractivity contribution in [3.05, 3.63) is 71.6 Å². The minimum Gasteiger partial charge on any atom is -0.361 e. The van der Waals surface area contributed by atoms with Gasteiger partial charge >= 0.3 is 0 Å². The molecule has 0 bridgehead atoms. The minimum atomic E-state index is -0.194. The summed E-state index contributed by atoms with van der Waals surface area (Å²) in [6.45, 7) is 2.96. The van der Waals surface area contributed by atoms with E-state index >= 15 is 0 Å². The monoisotopic (exact) mass is 379 g/mol. The molecule has 0 saturated carbocycles. The van der Waals surface area contributed by atoms with Crippen molar-refractivity contribution in [3.8, 4) is 0 Å². The van der Waals surface area contributed by atoms with Gasteiger partial charge in [0.25, 0.3) is 0 Å². The Kier molecular flexibility index (Phi) is 4.40. The maximum absolute atomic E-state index is 14.3. The van der Waals surface area contributed by atoms with Gasteiger partial charge < -0.3 is 14.9 Å². The average Bonchev–Trinajstić information content (AvgIpc) is 3.31. The Bertz CT molecular complexity index is 1120. The molecular formula is C23H23F2N3.